The van der Waals surface area contributed by atoms with Crippen LogP contribution in [0.25, 0.3) is 50.7 Å². The maximum absolute atomic E-state index is 10.3. The first-order valence-electron chi connectivity index (χ1n) is 12.8. The van der Waals surface area contributed by atoms with E-state index in [1.54, 1.807) is 12.3 Å². The third-order valence-electron chi connectivity index (χ3n) is 7.41. The zero-order valence-electron chi connectivity index (χ0n) is 21.3. The van der Waals surface area contributed by atoms with Crippen molar-refractivity contribution in [2.45, 2.75) is 30.9 Å². The van der Waals surface area contributed by atoms with Gasteiger partial charge in [-0.15, -0.1) is 10.2 Å². The fraction of sp³-hybridized carbons (Fsp3) is 0.167. The van der Waals surface area contributed by atoms with Crippen molar-refractivity contribution in [1.29, 1.82) is 0 Å². The minimum Gasteiger partial charge on any atom is -0.390 e. The van der Waals surface area contributed by atoms with E-state index < -0.39 is 11.1 Å². The molecule has 1 fully saturated rings. The minimum absolute atomic E-state index is 0.399. The molecule has 0 atom stereocenters. The Morgan fingerprint density at radius 3 is 2.26 bits per heavy atom. The summed E-state index contributed by atoms with van der Waals surface area (Å²) in [6.07, 6.45) is 2.71. The molecular formula is C30H26N8O. The molecule has 9 nitrogen and oxygen atoms in total. The number of aliphatic hydroxyl groups is 1. The van der Waals surface area contributed by atoms with E-state index in [1.165, 1.54) is 0 Å². The third-order valence-corrected chi connectivity index (χ3v) is 7.41. The lowest BCUT2D eigenvalue weighted by Crippen LogP contribution is -2.58. The number of fused-ring (bicyclic) bond motifs is 3. The molecule has 1 saturated carbocycles. The maximum atomic E-state index is 10.3. The highest BCUT2D eigenvalue weighted by Crippen LogP contribution is 2.46. The third kappa shape index (κ3) is 3.91. The highest BCUT2D eigenvalue weighted by molar-refractivity contribution is 5.87. The smallest absolute Gasteiger partial charge is 0.170 e. The van der Waals surface area contributed by atoms with E-state index in [9.17, 15) is 5.11 Å². The fourth-order valence-electron chi connectivity index (χ4n) is 5.73. The van der Waals surface area contributed by atoms with Crippen molar-refractivity contribution < 1.29 is 5.11 Å². The molecule has 5 N–H and O–H groups in total. The molecule has 4 aromatic heterocycles. The summed E-state index contributed by atoms with van der Waals surface area (Å²) in [5, 5.41) is 19.0. The molecule has 4 heterocycles. The summed E-state index contributed by atoms with van der Waals surface area (Å²) in [5.74, 6) is 1.01. The normalized spacial score (nSPS) is 20.8. The Kier molecular flexibility index (Phi) is 5.03. The largest absolute Gasteiger partial charge is 0.390 e. The van der Waals surface area contributed by atoms with Crippen LogP contribution < -0.4 is 11.5 Å². The predicted molar refractivity (Wildman–Crippen MR) is 150 cm³/mol. The molecule has 0 aliphatic heterocycles. The van der Waals surface area contributed by atoms with Gasteiger partial charge in [0.2, 0.25) is 0 Å². The molecule has 39 heavy (non-hydrogen) atoms. The molecule has 0 saturated heterocycles. The number of benzene rings is 2. The summed E-state index contributed by atoms with van der Waals surface area (Å²) in [7, 11) is 0. The Morgan fingerprint density at radius 1 is 0.821 bits per heavy atom. The molecule has 0 spiro atoms. The van der Waals surface area contributed by atoms with Gasteiger partial charge in [-0.05, 0) is 49.6 Å². The Labute approximate surface area is 224 Å². The van der Waals surface area contributed by atoms with Crippen LogP contribution in [-0.2, 0) is 5.54 Å². The van der Waals surface area contributed by atoms with Crippen LogP contribution in [-0.4, -0.2) is 40.3 Å². The number of nitrogens with zero attached hydrogens (tertiary/aromatic N) is 6. The van der Waals surface area contributed by atoms with Gasteiger partial charge < -0.3 is 16.6 Å². The van der Waals surface area contributed by atoms with Gasteiger partial charge in [0.1, 0.15) is 11.3 Å². The molecule has 0 amide bonds. The van der Waals surface area contributed by atoms with E-state index in [4.69, 9.17) is 21.4 Å². The van der Waals surface area contributed by atoms with Gasteiger partial charge in [-0.2, -0.15) is 0 Å². The molecule has 1 aliphatic rings. The molecule has 0 bridgehead atoms. The zero-order valence-corrected chi connectivity index (χ0v) is 21.3. The zero-order chi connectivity index (χ0) is 26.8. The number of aromatic nitrogens is 6. The van der Waals surface area contributed by atoms with Crippen molar-refractivity contribution in [1.82, 2.24) is 29.5 Å². The highest BCUT2D eigenvalue weighted by atomic mass is 16.3. The Balaban J connectivity index is 1.42. The molecule has 192 valence electrons. The Hall–Kier alpha value is -4.73. The van der Waals surface area contributed by atoms with Crippen LogP contribution in [0, 0.1) is 0 Å². The van der Waals surface area contributed by atoms with Crippen LogP contribution in [0.4, 0.5) is 5.82 Å². The SMILES string of the molecule is C[C@]1(O)C[C@](N)(c2ccc(-c3nc4ccc5nnc(-c6ccnc(N)c6)n5c4nc3-c3ccccc3)cc2)C1. The molecular weight excluding hydrogens is 488 g/mol. The van der Waals surface area contributed by atoms with Gasteiger partial charge in [0.15, 0.2) is 17.1 Å². The summed E-state index contributed by atoms with van der Waals surface area (Å²) in [6, 6.07) is 25.5. The van der Waals surface area contributed by atoms with Gasteiger partial charge in [0.25, 0.3) is 0 Å². The average Bonchev–Trinajstić information content (AvgIpc) is 3.37. The number of hydrogen-bond acceptors (Lipinski definition) is 8. The molecule has 2 aromatic carbocycles. The first-order valence-corrected chi connectivity index (χ1v) is 12.8. The van der Waals surface area contributed by atoms with Crippen molar-refractivity contribution in [2.24, 2.45) is 5.73 Å². The van der Waals surface area contributed by atoms with Crippen LogP contribution in [0.5, 0.6) is 0 Å². The summed E-state index contributed by atoms with van der Waals surface area (Å²) in [6.45, 7) is 1.82. The second-order valence-corrected chi connectivity index (χ2v) is 10.6. The van der Waals surface area contributed by atoms with Gasteiger partial charge in [0, 0.05) is 28.4 Å². The van der Waals surface area contributed by atoms with Gasteiger partial charge in [-0.3, -0.25) is 4.40 Å². The van der Waals surface area contributed by atoms with Gasteiger partial charge in [0.05, 0.1) is 17.0 Å². The average molecular weight is 515 g/mol. The molecule has 7 rings (SSSR count). The van der Waals surface area contributed by atoms with E-state index in [0.717, 1.165) is 33.6 Å². The van der Waals surface area contributed by atoms with Crippen LogP contribution in [0.2, 0.25) is 0 Å². The van der Waals surface area contributed by atoms with E-state index >= 15 is 0 Å². The summed E-state index contributed by atoms with van der Waals surface area (Å²) < 4.78 is 1.90. The number of rotatable bonds is 4. The van der Waals surface area contributed by atoms with E-state index in [-0.39, 0.29) is 0 Å². The number of hydrogen-bond donors (Lipinski definition) is 3. The summed E-state index contributed by atoms with van der Waals surface area (Å²) in [4.78, 5) is 14.4. The standard InChI is InChI=1S/C30H26N8O/c1-29(39)16-30(32,17-29)21-9-7-19(8-10-21)25-26(18-5-3-2-4-6-18)35-28-22(34-25)11-12-24-36-37-27(38(24)28)20-13-14-33-23(31)15-20/h2-15,39H,16-17,32H2,1H3,(H2,31,33)/t29-,30+. The van der Waals surface area contributed by atoms with Crippen molar-refractivity contribution in [2.75, 3.05) is 5.73 Å². The molecule has 0 unspecified atom stereocenters. The van der Waals surface area contributed by atoms with E-state index in [1.807, 2.05) is 84.1 Å². The minimum atomic E-state index is -0.716. The van der Waals surface area contributed by atoms with E-state index in [2.05, 4.69) is 15.2 Å². The Morgan fingerprint density at radius 2 is 1.54 bits per heavy atom. The molecule has 1 aliphatic carbocycles. The predicted octanol–water partition coefficient (Wildman–Crippen LogP) is 4.35. The maximum Gasteiger partial charge on any atom is 0.170 e. The highest BCUT2D eigenvalue weighted by Gasteiger charge is 2.49. The van der Waals surface area contributed by atoms with Crippen molar-refractivity contribution in [3.8, 4) is 33.9 Å². The topological polar surface area (TPSA) is 141 Å². The summed E-state index contributed by atoms with van der Waals surface area (Å²) in [5.41, 5.74) is 18.4. The van der Waals surface area contributed by atoms with Crippen LogP contribution in [0.3, 0.4) is 0 Å². The number of nitrogens with two attached hydrogens (primary N) is 2. The van der Waals surface area contributed by atoms with E-state index in [0.29, 0.717) is 41.3 Å². The van der Waals surface area contributed by atoms with Gasteiger partial charge in [-0.25, -0.2) is 15.0 Å². The van der Waals surface area contributed by atoms with Crippen LogP contribution in [0.1, 0.15) is 25.3 Å². The molecule has 6 aromatic rings. The first kappa shape index (κ1) is 23.4. The fourth-order valence-corrected chi connectivity index (χ4v) is 5.73. The lowest BCUT2D eigenvalue weighted by Gasteiger charge is -2.49. The quantitative estimate of drug-likeness (QED) is 0.315. The second-order valence-electron chi connectivity index (χ2n) is 10.6. The number of nitrogen functional groups attached to an aromatic ring is 1. The van der Waals surface area contributed by atoms with Crippen molar-refractivity contribution in [3.63, 3.8) is 0 Å². The van der Waals surface area contributed by atoms with Crippen LogP contribution in [0.15, 0.2) is 85.1 Å². The van der Waals surface area contributed by atoms with Crippen molar-refractivity contribution >= 4 is 22.6 Å². The summed E-state index contributed by atoms with van der Waals surface area (Å²) >= 11 is 0. The monoisotopic (exact) mass is 514 g/mol. The first-order chi connectivity index (χ1) is 18.8. The molecule has 9 heteroatoms. The van der Waals surface area contributed by atoms with Gasteiger partial charge in [-0.1, -0.05) is 54.6 Å². The number of anilines is 1. The Bertz CT molecular complexity index is 1850. The molecule has 0 radical (unpaired) electrons. The second kappa shape index (κ2) is 8.39. The number of pyridine rings is 2. The van der Waals surface area contributed by atoms with Crippen LogP contribution >= 0.6 is 0 Å². The lowest BCUT2D eigenvalue weighted by atomic mass is 9.63. The van der Waals surface area contributed by atoms with Gasteiger partial charge >= 0.3 is 0 Å². The van der Waals surface area contributed by atoms with Crippen molar-refractivity contribution in [3.05, 3.63) is 90.6 Å². The lowest BCUT2D eigenvalue weighted by molar-refractivity contribution is -0.0738.